The van der Waals surface area contributed by atoms with Crippen LogP contribution in [0.2, 0.25) is 10.0 Å². The first kappa shape index (κ1) is 15.7. The number of benzene rings is 1. The zero-order valence-corrected chi connectivity index (χ0v) is 13.8. The van der Waals surface area contributed by atoms with Gasteiger partial charge in [0, 0.05) is 36.2 Å². The van der Waals surface area contributed by atoms with Crippen molar-refractivity contribution in [2.24, 2.45) is 0 Å². The summed E-state index contributed by atoms with van der Waals surface area (Å²) in [4.78, 5) is 30.5. The molecule has 5 nitrogen and oxygen atoms in total. The molecule has 2 amide bonds. The normalized spacial score (nSPS) is 24.3. The second-order valence-electron chi connectivity index (χ2n) is 5.75. The van der Waals surface area contributed by atoms with Crippen molar-refractivity contribution in [1.82, 2.24) is 9.80 Å². The van der Waals surface area contributed by atoms with E-state index < -0.39 is 0 Å². The largest absolute Gasteiger partial charge is 0.304 e. The van der Waals surface area contributed by atoms with Crippen molar-refractivity contribution in [3.05, 3.63) is 28.2 Å². The van der Waals surface area contributed by atoms with E-state index in [2.05, 4.69) is 16.8 Å². The van der Waals surface area contributed by atoms with E-state index in [0.717, 1.165) is 26.2 Å². The van der Waals surface area contributed by atoms with Gasteiger partial charge in [-0.25, -0.2) is 4.90 Å². The lowest BCUT2D eigenvalue weighted by atomic mass is 10.2. The van der Waals surface area contributed by atoms with Crippen LogP contribution in [0.15, 0.2) is 18.2 Å². The number of rotatable bonds is 2. The Hall–Kier alpha value is -1.14. The number of nitrogens with zero attached hydrogens (tertiary/aromatic N) is 3. The van der Waals surface area contributed by atoms with Crippen LogP contribution in [-0.4, -0.2) is 60.9 Å². The summed E-state index contributed by atoms with van der Waals surface area (Å²) in [5.41, 5.74) is 0.448. The lowest BCUT2D eigenvalue weighted by Gasteiger charge is -2.35. The number of carbonyl (C=O) groups excluding carboxylic acids is 2. The first-order chi connectivity index (χ1) is 10.5. The highest BCUT2D eigenvalue weighted by atomic mass is 35.5. The van der Waals surface area contributed by atoms with Gasteiger partial charge in [-0.3, -0.25) is 14.5 Å². The number of halogens is 2. The third-order valence-corrected chi connectivity index (χ3v) is 4.64. The van der Waals surface area contributed by atoms with Gasteiger partial charge in [0.2, 0.25) is 5.91 Å². The average molecular weight is 342 g/mol. The molecule has 2 heterocycles. The van der Waals surface area contributed by atoms with Gasteiger partial charge in [-0.15, -0.1) is 0 Å². The van der Waals surface area contributed by atoms with Crippen LogP contribution in [0.25, 0.3) is 0 Å². The molecule has 7 heteroatoms. The summed E-state index contributed by atoms with van der Waals surface area (Å²) in [7, 11) is 2.05. The lowest BCUT2D eigenvalue weighted by molar-refractivity contribution is -0.123. The van der Waals surface area contributed by atoms with E-state index in [-0.39, 0.29) is 24.3 Å². The van der Waals surface area contributed by atoms with Crippen molar-refractivity contribution in [1.29, 1.82) is 0 Å². The molecule has 0 bridgehead atoms. The molecular weight excluding hydrogens is 325 g/mol. The SMILES string of the molecule is CN1CCN([C@@H]2CC(=O)N(c3cc(Cl)cc(Cl)c3)C2=O)CC1. The summed E-state index contributed by atoms with van der Waals surface area (Å²) in [6.07, 6.45) is 0.215. The molecule has 1 atom stereocenters. The Morgan fingerprint density at radius 1 is 1.00 bits per heavy atom. The van der Waals surface area contributed by atoms with Crippen LogP contribution in [0, 0.1) is 0 Å². The molecule has 0 spiro atoms. The van der Waals surface area contributed by atoms with Gasteiger partial charge < -0.3 is 4.90 Å². The van der Waals surface area contributed by atoms with Crippen molar-refractivity contribution in [2.75, 3.05) is 38.1 Å². The predicted molar refractivity (Wildman–Crippen MR) is 86.4 cm³/mol. The average Bonchev–Trinajstić information content (AvgIpc) is 2.74. The van der Waals surface area contributed by atoms with Gasteiger partial charge in [-0.05, 0) is 25.2 Å². The van der Waals surface area contributed by atoms with Gasteiger partial charge in [0.25, 0.3) is 5.91 Å². The Bertz CT molecular complexity index is 595. The van der Waals surface area contributed by atoms with Gasteiger partial charge in [0.1, 0.15) is 0 Å². The highest BCUT2D eigenvalue weighted by molar-refractivity contribution is 6.35. The van der Waals surface area contributed by atoms with Crippen LogP contribution in [0.3, 0.4) is 0 Å². The molecular formula is C15H17Cl2N3O2. The minimum Gasteiger partial charge on any atom is -0.304 e. The molecule has 0 radical (unpaired) electrons. The van der Waals surface area contributed by atoms with Gasteiger partial charge in [0.15, 0.2) is 0 Å². The Morgan fingerprint density at radius 3 is 2.18 bits per heavy atom. The van der Waals surface area contributed by atoms with E-state index in [1.54, 1.807) is 18.2 Å². The van der Waals surface area contributed by atoms with E-state index in [1.807, 2.05) is 0 Å². The molecule has 1 aromatic rings. The van der Waals surface area contributed by atoms with Crippen molar-refractivity contribution < 1.29 is 9.59 Å². The number of carbonyl (C=O) groups is 2. The number of likely N-dealkylation sites (N-methyl/N-ethyl adjacent to an activating group) is 1. The third-order valence-electron chi connectivity index (χ3n) is 4.21. The van der Waals surface area contributed by atoms with Crippen LogP contribution < -0.4 is 4.90 Å². The molecule has 0 N–H and O–H groups in total. The first-order valence-corrected chi connectivity index (χ1v) is 7.97. The molecule has 0 saturated carbocycles. The van der Waals surface area contributed by atoms with Crippen LogP contribution >= 0.6 is 23.2 Å². The molecule has 1 aromatic carbocycles. The highest BCUT2D eigenvalue weighted by Gasteiger charge is 2.43. The lowest BCUT2D eigenvalue weighted by Crippen LogP contribution is -2.51. The Morgan fingerprint density at radius 2 is 1.59 bits per heavy atom. The fraction of sp³-hybridized carbons (Fsp3) is 0.467. The summed E-state index contributed by atoms with van der Waals surface area (Å²) in [5.74, 6) is -0.389. The first-order valence-electron chi connectivity index (χ1n) is 7.21. The minimum absolute atomic E-state index is 0.187. The standard InChI is InChI=1S/C15H17Cl2N3O2/c1-18-2-4-19(5-3-18)13-9-14(21)20(15(13)22)12-7-10(16)6-11(17)8-12/h6-8,13H,2-5,9H2,1H3/t13-/m1/s1. The highest BCUT2D eigenvalue weighted by Crippen LogP contribution is 2.30. The van der Waals surface area contributed by atoms with E-state index >= 15 is 0 Å². The maximum atomic E-state index is 12.7. The topological polar surface area (TPSA) is 43.9 Å². The quantitative estimate of drug-likeness (QED) is 0.770. The van der Waals surface area contributed by atoms with E-state index in [0.29, 0.717) is 15.7 Å². The zero-order chi connectivity index (χ0) is 15.9. The molecule has 118 valence electrons. The predicted octanol–water partition coefficient (Wildman–Crippen LogP) is 1.87. The number of amides is 2. The second-order valence-corrected chi connectivity index (χ2v) is 6.63. The van der Waals surface area contributed by atoms with Crippen molar-refractivity contribution in [2.45, 2.75) is 12.5 Å². The number of hydrogen-bond donors (Lipinski definition) is 0. The van der Waals surface area contributed by atoms with Crippen LogP contribution in [0.4, 0.5) is 5.69 Å². The maximum absolute atomic E-state index is 12.7. The summed E-state index contributed by atoms with van der Waals surface area (Å²) < 4.78 is 0. The van der Waals surface area contributed by atoms with Gasteiger partial charge in [-0.2, -0.15) is 0 Å². The minimum atomic E-state index is -0.376. The number of anilines is 1. The molecule has 2 aliphatic heterocycles. The van der Waals surface area contributed by atoms with Crippen LogP contribution in [0.1, 0.15) is 6.42 Å². The molecule has 0 aliphatic carbocycles. The number of imide groups is 1. The third kappa shape index (κ3) is 2.99. The fourth-order valence-corrected chi connectivity index (χ4v) is 3.49. The van der Waals surface area contributed by atoms with E-state index in [4.69, 9.17) is 23.2 Å². The molecule has 2 saturated heterocycles. The Balaban J connectivity index is 1.82. The summed E-state index contributed by atoms with van der Waals surface area (Å²) in [6.45, 7) is 3.40. The fourth-order valence-electron chi connectivity index (χ4n) is 2.97. The summed E-state index contributed by atoms with van der Waals surface area (Å²) in [6, 6.07) is 4.39. The molecule has 3 rings (SSSR count). The second kappa shape index (κ2) is 6.16. The van der Waals surface area contributed by atoms with Gasteiger partial charge in [0.05, 0.1) is 18.2 Å². The smallest absolute Gasteiger partial charge is 0.251 e. The summed E-state index contributed by atoms with van der Waals surface area (Å²) >= 11 is 12.0. The van der Waals surface area contributed by atoms with Crippen molar-refractivity contribution in [3.8, 4) is 0 Å². The van der Waals surface area contributed by atoms with E-state index in [9.17, 15) is 9.59 Å². The van der Waals surface area contributed by atoms with Crippen LogP contribution in [0.5, 0.6) is 0 Å². The summed E-state index contributed by atoms with van der Waals surface area (Å²) in [5, 5.41) is 0.817. The van der Waals surface area contributed by atoms with Crippen LogP contribution in [-0.2, 0) is 9.59 Å². The molecule has 2 aliphatic rings. The Labute approximate surface area is 139 Å². The number of piperazine rings is 1. The van der Waals surface area contributed by atoms with Crippen molar-refractivity contribution in [3.63, 3.8) is 0 Å². The molecule has 0 aromatic heterocycles. The monoisotopic (exact) mass is 341 g/mol. The zero-order valence-electron chi connectivity index (χ0n) is 12.3. The van der Waals surface area contributed by atoms with Crippen molar-refractivity contribution >= 4 is 40.7 Å². The van der Waals surface area contributed by atoms with Gasteiger partial charge >= 0.3 is 0 Å². The van der Waals surface area contributed by atoms with Gasteiger partial charge in [-0.1, -0.05) is 23.2 Å². The number of hydrogen-bond acceptors (Lipinski definition) is 4. The maximum Gasteiger partial charge on any atom is 0.251 e. The Kier molecular flexibility index (Phi) is 4.41. The molecule has 0 unspecified atom stereocenters. The molecule has 22 heavy (non-hydrogen) atoms. The molecule has 2 fully saturated rings. The van der Waals surface area contributed by atoms with E-state index in [1.165, 1.54) is 4.90 Å².